The van der Waals surface area contributed by atoms with E-state index in [2.05, 4.69) is 11.4 Å². The summed E-state index contributed by atoms with van der Waals surface area (Å²) >= 11 is 0. The second kappa shape index (κ2) is 2.74. The van der Waals surface area contributed by atoms with Crippen molar-refractivity contribution in [1.29, 1.82) is 0 Å². The maximum atomic E-state index is 9.83. The summed E-state index contributed by atoms with van der Waals surface area (Å²) < 4.78 is 0. The Labute approximate surface area is 84.0 Å². The van der Waals surface area contributed by atoms with Crippen LogP contribution in [0.15, 0.2) is 24.3 Å². The lowest BCUT2D eigenvalue weighted by molar-refractivity contribution is 0.108. The lowest BCUT2D eigenvalue weighted by Gasteiger charge is -2.53. The standard InChI is InChI=1S/C12H15NO/c14-11-4-2-1-3-10(11)12-5-6-13-9(7-12)8-12/h1-4,9,13-14H,5-8H2. The summed E-state index contributed by atoms with van der Waals surface area (Å²) in [5.74, 6) is 0.479. The normalized spacial score (nSPS) is 35.0. The van der Waals surface area contributed by atoms with E-state index in [9.17, 15) is 5.11 Å². The molecule has 2 bridgehead atoms. The molecule has 1 aromatic carbocycles. The van der Waals surface area contributed by atoms with E-state index in [1.54, 1.807) is 6.07 Å². The van der Waals surface area contributed by atoms with Crippen LogP contribution in [0.2, 0.25) is 0 Å². The van der Waals surface area contributed by atoms with Gasteiger partial charge in [-0.25, -0.2) is 0 Å². The summed E-state index contributed by atoms with van der Waals surface area (Å²) in [5, 5.41) is 13.3. The summed E-state index contributed by atoms with van der Waals surface area (Å²) in [5.41, 5.74) is 1.46. The largest absolute Gasteiger partial charge is 0.508 e. The first-order chi connectivity index (χ1) is 6.80. The number of rotatable bonds is 1. The fourth-order valence-electron chi connectivity index (χ4n) is 3.02. The van der Waals surface area contributed by atoms with Gasteiger partial charge in [0.15, 0.2) is 0 Å². The molecule has 2 aliphatic heterocycles. The van der Waals surface area contributed by atoms with E-state index in [1.165, 1.54) is 19.3 Å². The van der Waals surface area contributed by atoms with Gasteiger partial charge in [-0.3, -0.25) is 0 Å². The van der Waals surface area contributed by atoms with Gasteiger partial charge in [-0.1, -0.05) is 18.2 Å². The van der Waals surface area contributed by atoms with Crippen LogP contribution in [0.4, 0.5) is 0 Å². The highest BCUT2D eigenvalue weighted by Gasteiger charge is 2.48. The van der Waals surface area contributed by atoms with Crippen molar-refractivity contribution in [1.82, 2.24) is 5.32 Å². The topological polar surface area (TPSA) is 32.3 Å². The number of para-hydroxylation sites is 1. The predicted octanol–water partition coefficient (Wildman–Crippen LogP) is 1.79. The maximum Gasteiger partial charge on any atom is 0.119 e. The van der Waals surface area contributed by atoms with Crippen LogP contribution in [0, 0.1) is 0 Å². The number of phenols is 1. The third kappa shape index (κ3) is 1.01. The molecule has 1 aliphatic carbocycles. The smallest absolute Gasteiger partial charge is 0.119 e. The lowest BCUT2D eigenvalue weighted by Crippen LogP contribution is -2.58. The molecule has 0 aromatic heterocycles. The fraction of sp³-hybridized carbons (Fsp3) is 0.500. The van der Waals surface area contributed by atoms with Crippen molar-refractivity contribution in [3.8, 4) is 5.75 Å². The van der Waals surface area contributed by atoms with E-state index in [0.717, 1.165) is 12.1 Å². The maximum absolute atomic E-state index is 9.83. The number of hydrogen-bond donors (Lipinski definition) is 2. The van der Waals surface area contributed by atoms with E-state index in [1.807, 2.05) is 12.1 Å². The Morgan fingerprint density at radius 2 is 2.07 bits per heavy atom. The average molecular weight is 189 g/mol. The summed E-state index contributed by atoms with van der Waals surface area (Å²) in [6.45, 7) is 1.10. The molecule has 0 unspecified atom stereocenters. The molecular formula is C12H15NO. The molecule has 1 aromatic rings. The van der Waals surface area contributed by atoms with E-state index in [0.29, 0.717) is 17.2 Å². The molecule has 0 atom stereocenters. The first-order valence-corrected chi connectivity index (χ1v) is 5.32. The van der Waals surface area contributed by atoms with Gasteiger partial charge in [0, 0.05) is 17.0 Å². The lowest BCUT2D eigenvalue weighted by atomic mass is 9.57. The molecule has 14 heavy (non-hydrogen) atoms. The minimum Gasteiger partial charge on any atom is -0.508 e. The van der Waals surface area contributed by atoms with E-state index < -0.39 is 0 Å². The van der Waals surface area contributed by atoms with Crippen molar-refractivity contribution in [2.45, 2.75) is 30.7 Å². The number of phenolic OH excluding ortho intramolecular Hbond substituents is 1. The quantitative estimate of drug-likeness (QED) is 0.706. The van der Waals surface area contributed by atoms with Crippen LogP contribution in [0.5, 0.6) is 5.75 Å². The molecule has 0 spiro atoms. The number of aromatic hydroxyl groups is 1. The van der Waals surface area contributed by atoms with Gasteiger partial charge in [-0.2, -0.15) is 0 Å². The van der Waals surface area contributed by atoms with Gasteiger partial charge in [0.1, 0.15) is 5.75 Å². The van der Waals surface area contributed by atoms with Crippen molar-refractivity contribution in [2.75, 3.05) is 6.54 Å². The summed E-state index contributed by atoms with van der Waals surface area (Å²) in [6.07, 6.45) is 3.57. The van der Waals surface area contributed by atoms with E-state index in [-0.39, 0.29) is 0 Å². The highest BCUT2D eigenvalue weighted by molar-refractivity contribution is 5.41. The van der Waals surface area contributed by atoms with Crippen LogP contribution in [-0.2, 0) is 5.41 Å². The van der Waals surface area contributed by atoms with Crippen LogP contribution >= 0.6 is 0 Å². The van der Waals surface area contributed by atoms with Crippen molar-refractivity contribution in [2.24, 2.45) is 0 Å². The number of fused-ring (bicyclic) bond motifs is 2. The second-order valence-electron chi connectivity index (χ2n) is 4.61. The van der Waals surface area contributed by atoms with Gasteiger partial charge in [-0.05, 0) is 31.9 Å². The molecule has 2 N–H and O–H groups in total. The highest BCUT2D eigenvalue weighted by atomic mass is 16.3. The van der Waals surface area contributed by atoms with Crippen molar-refractivity contribution >= 4 is 0 Å². The zero-order chi connectivity index (χ0) is 9.60. The van der Waals surface area contributed by atoms with E-state index >= 15 is 0 Å². The van der Waals surface area contributed by atoms with Gasteiger partial charge >= 0.3 is 0 Å². The summed E-state index contributed by atoms with van der Waals surface area (Å²) in [4.78, 5) is 0. The Kier molecular flexibility index (Phi) is 1.62. The Morgan fingerprint density at radius 1 is 1.29 bits per heavy atom. The van der Waals surface area contributed by atoms with Crippen LogP contribution in [-0.4, -0.2) is 17.7 Å². The summed E-state index contributed by atoms with van der Waals surface area (Å²) in [6, 6.07) is 8.51. The van der Waals surface area contributed by atoms with Gasteiger partial charge in [0.25, 0.3) is 0 Å². The van der Waals surface area contributed by atoms with Crippen molar-refractivity contribution < 1.29 is 5.11 Å². The third-order valence-corrected chi connectivity index (χ3v) is 3.79. The van der Waals surface area contributed by atoms with Gasteiger partial charge < -0.3 is 10.4 Å². The Balaban J connectivity index is 1.99. The molecule has 1 saturated carbocycles. The number of piperidine rings is 2. The van der Waals surface area contributed by atoms with Gasteiger partial charge in [-0.15, -0.1) is 0 Å². The Hall–Kier alpha value is -1.02. The van der Waals surface area contributed by atoms with Crippen molar-refractivity contribution in [3.05, 3.63) is 29.8 Å². The molecule has 2 nitrogen and oxygen atoms in total. The molecule has 2 heterocycles. The van der Waals surface area contributed by atoms with Crippen LogP contribution in [0.25, 0.3) is 0 Å². The molecule has 74 valence electrons. The molecule has 2 heteroatoms. The molecule has 3 aliphatic rings. The first kappa shape index (κ1) is 8.30. The minimum atomic E-state index is 0.293. The molecular weight excluding hydrogens is 174 g/mol. The molecule has 3 fully saturated rings. The van der Waals surface area contributed by atoms with Crippen LogP contribution in [0.1, 0.15) is 24.8 Å². The predicted molar refractivity (Wildman–Crippen MR) is 55.4 cm³/mol. The molecule has 0 amide bonds. The van der Waals surface area contributed by atoms with E-state index in [4.69, 9.17) is 0 Å². The number of benzene rings is 1. The molecule has 4 rings (SSSR count). The zero-order valence-corrected chi connectivity index (χ0v) is 8.16. The zero-order valence-electron chi connectivity index (χ0n) is 8.16. The number of hydrogen-bond acceptors (Lipinski definition) is 2. The monoisotopic (exact) mass is 189 g/mol. The van der Waals surface area contributed by atoms with Gasteiger partial charge in [0.2, 0.25) is 0 Å². The highest BCUT2D eigenvalue weighted by Crippen LogP contribution is 2.51. The number of nitrogens with one attached hydrogen (secondary N) is 1. The second-order valence-corrected chi connectivity index (χ2v) is 4.61. The van der Waals surface area contributed by atoms with Crippen molar-refractivity contribution in [3.63, 3.8) is 0 Å². The van der Waals surface area contributed by atoms with Crippen LogP contribution < -0.4 is 5.32 Å². The molecule has 2 saturated heterocycles. The Bertz CT molecular complexity index is 350. The fourth-order valence-corrected chi connectivity index (χ4v) is 3.02. The Morgan fingerprint density at radius 3 is 2.71 bits per heavy atom. The molecule has 0 radical (unpaired) electrons. The first-order valence-electron chi connectivity index (χ1n) is 5.32. The van der Waals surface area contributed by atoms with Gasteiger partial charge in [0.05, 0.1) is 0 Å². The third-order valence-electron chi connectivity index (χ3n) is 3.79. The average Bonchev–Trinajstić information content (AvgIpc) is 2.18. The minimum absolute atomic E-state index is 0.293. The van der Waals surface area contributed by atoms with Crippen LogP contribution in [0.3, 0.4) is 0 Å². The SMILES string of the molecule is Oc1ccccc1C12CCNC(C1)C2. The summed E-state index contributed by atoms with van der Waals surface area (Å²) in [7, 11) is 0.